The van der Waals surface area contributed by atoms with Gasteiger partial charge >= 0.3 is 0 Å². The number of sulfonamides is 1. The molecule has 0 fully saturated rings. The van der Waals surface area contributed by atoms with Gasteiger partial charge in [-0.3, -0.25) is 9.82 Å². The second kappa shape index (κ2) is 5.51. The summed E-state index contributed by atoms with van der Waals surface area (Å²) >= 11 is 1.32. The van der Waals surface area contributed by atoms with Gasteiger partial charge in [0.15, 0.2) is 5.13 Å². The molecule has 0 aliphatic carbocycles. The van der Waals surface area contributed by atoms with Crippen LogP contribution in [0.15, 0.2) is 4.90 Å². The third-order valence-corrected chi connectivity index (χ3v) is 5.48. The van der Waals surface area contributed by atoms with Gasteiger partial charge in [0, 0.05) is 11.4 Å². The second-order valence-electron chi connectivity index (χ2n) is 4.42. The Bertz CT molecular complexity index is 698. The number of aromatic nitrogens is 3. The van der Waals surface area contributed by atoms with E-state index in [0.29, 0.717) is 23.1 Å². The minimum atomic E-state index is -3.69. The van der Waals surface area contributed by atoms with Crippen LogP contribution < -0.4 is 10.0 Å². The first-order valence-electron chi connectivity index (χ1n) is 6.00. The van der Waals surface area contributed by atoms with Crippen molar-refractivity contribution >= 4 is 26.5 Å². The summed E-state index contributed by atoms with van der Waals surface area (Å²) in [6.45, 7) is 5.80. The van der Waals surface area contributed by atoms with Crippen molar-refractivity contribution in [1.82, 2.24) is 20.5 Å². The van der Waals surface area contributed by atoms with Crippen molar-refractivity contribution in [3.05, 3.63) is 22.0 Å². The lowest BCUT2D eigenvalue weighted by molar-refractivity contribution is 0.598. The van der Waals surface area contributed by atoms with E-state index in [1.165, 1.54) is 11.3 Å². The summed E-state index contributed by atoms with van der Waals surface area (Å²) in [5.41, 5.74) is 1.79. The highest BCUT2D eigenvalue weighted by Crippen LogP contribution is 2.26. The average Bonchev–Trinajstić information content (AvgIpc) is 2.84. The molecule has 0 radical (unpaired) electrons. The Kier molecular flexibility index (Phi) is 4.11. The van der Waals surface area contributed by atoms with E-state index >= 15 is 0 Å². The highest BCUT2D eigenvalue weighted by atomic mass is 32.2. The third-order valence-electron chi connectivity index (χ3n) is 2.82. The molecule has 0 atom stereocenters. The molecule has 0 saturated carbocycles. The van der Waals surface area contributed by atoms with Gasteiger partial charge in [-0.1, -0.05) is 0 Å². The molecule has 20 heavy (non-hydrogen) atoms. The monoisotopic (exact) mass is 315 g/mol. The van der Waals surface area contributed by atoms with Crippen molar-refractivity contribution in [2.45, 2.75) is 32.2 Å². The van der Waals surface area contributed by atoms with Crippen molar-refractivity contribution in [2.75, 3.05) is 11.8 Å². The van der Waals surface area contributed by atoms with Crippen LogP contribution in [0.4, 0.5) is 5.13 Å². The van der Waals surface area contributed by atoms with E-state index in [1.807, 2.05) is 13.8 Å². The first kappa shape index (κ1) is 14.9. The zero-order valence-electron chi connectivity index (χ0n) is 11.7. The second-order valence-corrected chi connectivity index (χ2v) is 7.24. The number of hydrogen-bond donors (Lipinski definition) is 3. The molecule has 110 valence electrons. The number of anilines is 1. The molecule has 9 heteroatoms. The maximum Gasteiger partial charge on any atom is 0.267 e. The van der Waals surface area contributed by atoms with E-state index in [-0.39, 0.29) is 4.90 Å². The lowest BCUT2D eigenvalue weighted by Gasteiger charge is -2.06. The number of thiazole rings is 1. The van der Waals surface area contributed by atoms with Gasteiger partial charge in [-0.2, -0.15) is 5.10 Å². The number of aromatic amines is 1. The number of aryl methyl sites for hydroxylation is 3. The predicted molar refractivity (Wildman–Crippen MR) is 78.5 cm³/mol. The Morgan fingerprint density at radius 1 is 1.30 bits per heavy atom. The molecule has 0 bridgehead atoms. The van der Waals surface area contributed by atoms with E-state index < -0.39 is 10.0 Å². The van der Waals surface area contributed by atoms with Crippen LogP contribution in [0.25, 0.3) is 0 Å². The van der Waals surface area contributed by atoms with Crippen molar-refractivity contribution in [2.24, 2.45) is 0 Å². The smallest absolute Gasteiger partial charge is 0.267 e. The van der Waals surface area contributed by atoms with Crippen LogP contribution in [0, 0.1) is 20.8 Å². The fourth-order valence-corrected chi connectivity index (χ4v) is 4.21. The molecular formula is C11H17N5O2S2. The van der Waals surface area contributed by atoms with Crippen LogP contribution in [0.3, 0.4) is 0 Å². The molecule has 0 spiro atoms. The number of rotatable bonds is 5. The Morgan fingerprint density at radius 2 is 2.00 bits per heavy atom. The molecule has 2 heterocycles. The zero-order valence-corrected chi connectivity index (χ0v) is 13.4. The standard InChI is InChI=1S/C11H17N5O2S2/c1-6-8(3)19-11(13-6)16-20(17,18)10-7(2)14-15-9(10)5-12-4/h12H,5H2,1-4H3,(H,13,16)(H,14,15). The van der Waals surface area contributed by atoms with Crippen molar-refractivity contribution < 1.29 is 8.42 Å². The van der Waals surface area contributed by atoms with Gasteiger partial charge in [-0.15, -0.1) is 11.3 Å². The van der Waals surface area contributed by atoms with Crippen molar-refractivity contribution in [3.63, 3.8) is 0 Å². The van der Waals surface area contributed by atoms with E-state index in [1.54, 1.807) is 14.0 Å². The van der Waals surface area contributed by atoms with Gasteiger partial charge in [0.2, 0.25) is 0 Å². The Hall–Kier alpha value is -1.45. The topological polar surface area (TPSA) is 99.8 Å². The molecule has 7 nitrogen and oxygen atoms in total. The molecule has 2 aromatic rings. The van der Waals surface area contributed by atoms with Gasteiger partial charge in [0.25, 0.3) is 10.0 Å². The largest absolute Gasteiger partial charge is 0.314 e. The summed E-state index contributed by atoms with van der Waals surface area (Å²) in [6, 6.07) is 0. The molecule has 0 amide bonds. The minimum Gasteiger partial charge on any atom is -0.314 e. The maximum atomic E-state index is 12.5. The molecule has 2 rings (SSSR count). The van der Waals surface area contributed by atoms with Crippen LogP contribution in [0.2, 0.25) is 0 Å². The molecule has 0 saturated heterocycles. The van der Waals surface area contributed by atoms with Gasteiger partial charge in [0.05, 0.1) is 17.1 Å². The lowest BCUT2D eigenvalue weighted by atomic mass is 10.4. The van der Waals surface area contributed by atoms with Gasteiger partial charge < -0.3 is 5.32 Å². The van der Waals surface area contributed by atoms with Crippen LogP contribution >= 0.6 is 11.3 Å². The fourth-order valence-electron chi connectivity index (χ4n) is 1.80. The normalized spacial score (nSPS) is 11.8. The van der Waals surface area contributed by atoms with Gasteiger partial charge in [0.1, 0.15) is 4.90 Å². The summed E-state index contributed by atoms with van der Waals surface area (Å²) in [5, 5.41) is 9.99. The maximum absolute atomic E-state index is 12.5. The van der Waals surface area contributed by atoms with E-state index in [9.17, 15) is 8.42 Å². The number of H-pyrrole nitrogens is 1. The van der Waals surface area contributed by atoms with Crippen LogP contribution in [0.5, 0.6) is 0 Å². The van der Waals surface area contributed by atoms with Gasteiger partial charge in [-0.05, 0) is 27.8 Å². The number of nitrogens with zero attached hydrogens (tertiary/aromatic N) is 2. The first-order chi connectivity index (χ1) is 9.35. The molecule has 0 aliphatic rings. The van der Waals surface area contributed by atoms with Crippen molar-refractivity contribution in [1.29, 1.82) is 0 Å². The Balaban J connectivity index is 2.37. The lowest BCUT2D eigenvalue weighted by Crippen LogP contribution is -2.17. The number of nitrogens with one attached hydrogen (secondary N) is 3. The summed E-state index contributed by atoms with van der Waals surface area (Å²) in [7, 11) is -1.96. The summed E-state index contributed by atoms with van der Waals surface area (Å²) in [5.74, 6) is 0. The highest BCUT2D eigenvalue weighted by Gasteiger charge is 2.25. The average molecular weight is 315 g/mol. The molecule has 2 aromatic heterocycles. The predicted octanol–water partition coefficient (Wildman–Crippen LogP) is 1.31. The molecule has 0 aromatic carbocycles. The van der Waals surface area contributed by atoms with E-state index in [4.69, 9.17) is 0 Å². The molecule has 0 aliphatic heterocycles. The van der Waals surface area contributed by atoms with E-state index in [0.717, 1.165) is 10.6 Å². The third kappa shape index (κ3) is 2.84. The van der Waals surface area contributed by atoms with E-state index in [2.05, 4.69) is 25.2 Å². The summed E-state index contributed by atoms with van der Waals surface area (Å²) in [4.78, 5) is 5.36. The Morgan fingerprint density at radius 3 is 2.55 bits per heavy atom. The SMILES string of the molecule is CNCc1n[nH]c(C)c1S(=O)(=O)Nc1nc(C)c(C)s1. The summed E-state index contributed by atoms with van der Waals surface area (Å²) < 4.78 is 27.4. The summed E-state index contributed by atoms with van der Waals surface area (Å²) in [6.07, 6.45) is 0. The molecular weight excluding hydrogens is 298 g/mol. The number of hydrogen-bond acceptors (Lipinski definition) is 6. The quantitative estimate of drug-likeness (QED) is 0.772. The Labute approximate surface area is 121 Å². The van der Waals surface area contributed by atoms with Crippen LogP contribution in [-0.4, -0.2) is 30.6 Å². The van der Waals surface area contributed by atoms with Crippen molar-refractivity contribution in [3.8, 4) is 0 Å². The van der Waals surface area contributed by atoms with Crippen LogP contribution in [0.1, 0.15) is 22.0 Å². The molecule has 3 N–H and O–H groups in total. The zero-order chi connectivity index (χ0) is 14.9. The molecule has 0 unspecified atom stereocenters. The minimum absolute atomic E-state index is 0.178. The first-order valence-corrected chi connectivity index (χ1v) is 8.30. The van der Waals surface area contributed by atoms with Crippen LogP contribution in [-0.2, 0) is 16.6 Å². The highest BCUT2D eigenvalue weighted by molar-refractivity contribution is 7.93. The fraction of sp³-hybridized carbons (Fsp3) is 0.455. The van der Waals surface area contributed by atoms with Gasteiger partial charge in [-0.25, -0.2) is 13.4 Å².